The molecule has 1 aliphatic rings. The van der Waals surface area contributed by atoms with Crippen molar-refractivity contribution in [2.24, 2.45) is 5.92 Å². The van der Waals surface area contributed by atoms with Crippen LogP contribution in [0.5, 0.6) is 0 Å². The molecule has 0 aliphatic heterocycles. The SMILES string of the molecule is CNS(=O)(=O)c1ccc(C)c(C(=O)NC2CCCCC2C)c1. The summed E-state index contributed by atoms with van der Waals surface area (Å²) in [4.78, 5) is 12.6. The van der Waals surface area contributed by atoms with Crippen molar-refractivity contribution in [3.63, 3.8) is 0 Å². The third-order valence-corrected chi connectivity index (χ3v) is 5.87. The summed E-state index contributed by atoms with van der Waals surface area (Å²) in [6.45, 7) is 3.97. The molecule has 1 aromatic carbocycles. The van der Waals surface area contributed by atoms with Crippen LogP contribution in [0.4, 0.5) is 0 Å². The maximum absolute atomic E-state index is 12.5. The van der Waals surface area contributed by atoms with E-state index in [0.29, 0.717) is 11.5 Å². The molecular weight excluding hydrogens is 300 g/mol. The van der Waals surface area contributed by atoms with Crippen molar-refractivity contribution in [2.45, 2.75) is 50.5 Å². The van der Waals surface area contributed by atoms with Crippen molar-refractivity contribution in [1.29, 1.82) is 0 Å². The van der Waals surface area contributed by atoms with Crippen LogP contribution in [-0.4, -0.2) is 27.4 Å². The Bertz CT molecular complexity index is 655. The van der Waals surface area contributed by atoms with E-state index in [2.05, 4.69) is 17.0 Å². The van der Waals surface area contributed by atoms with Gasteiger partial charge in [0.05, 0.1) is 4.90 Å². The highest BCUT2D eigenvalue weighted by molar-refractivity contribution is 7.89. The lowest BCUT2D eigenvalue weighted by Crippen LogP contribution is -2.41. The number of carbonyl (C=O) groups excluding carboxylic acids is 1. The molecule has 22 heavy (non-hydrogen) atoms. The number of rotatable bonds is 4. The van der Waals surface area contributed by atoms with Crippen LogP contribution in [0.2, 0.25) is 0 Å². The van der Waals surface area contributed by atoms with E-state index >= 15 is 0 Å². The van der Waals surface area contributed by atoms with Crippen LogP contribution in [0.25, 0.3) is 0 Å². The summed E-state index contributed by atoms with van der Waals surface area (Å²) < 4.78 is 26.0. The molecule has 2 N–H and O–H groups in total. The molecule has 0 bridgehead atoms. The van der Waals surface area contributed by atoms with E-state index < -0.39 is 10.0 Å². The Hall–Kier alpha value is -1.40. The van der Waals surface area contributed by atoms with Crippen molar-refractivity contribution in [3.8, 4) is 0 Å². The highest BCUT2D eigenvalue weighted by Crippen LogP contribution is 2.24. The van der Waals surface area contributed by atoms with Crippen molar-refractivity contribution >= 4 is 15.9 Å². The topological polar surface area (TPSA) is 75.3 Å². The smallest absolute Gasteiger partial charge is 0.251 e. The number of nitrogens with one attached hydrogen (secondary N) is 2. The van der Waals surface area contributed by atoms with E-state index in [9.17, 15) is 13.2 Å². The summed E-state index contributed by atoms with van der Waals surface area (Å²) in [7, 11) is -2.19. The fraction of sp³-hybridized carbons (Fsp3) is 0.562. The Labute approximate surface area is 132 Å². The van der Waals surface area contributed by atoms with Gasteiger partial charge < -0.3 is 5.32 Å². The molecule has 122 valence electrons. The van der Waals surface area contributed by atoms with E-state index in [1.54, 1.807) is 6.07 Å². The number of sulfonamides is 1. The second-order valence-corrected chi connectivity index (χ2v) is 7.91. The number of carbonyl (C=O) groups is 1. The number of benzene rings is 1. The van der Waals surface area contributed by atoms with Gasteiger partial charge in [-0.2, -0.15) is 0 Å². The first-order valence-electron chi connectivity index (χ1n) is 7.70. The summed E-state index contributed by atoms with van der Waals surface area (Å²) in [5.41, 5.74) is 1.20. The highest BCUT2D eigenvalue weighted by atomic mass is 32.2. The van der Waals surface area contributed by atoms with Gasteiger partial charge in [0.25, 0.3) is 5.91 Å². The molecule has 2 atom stereocenters. The van der Waals surface area contributed by atoms with Crippen molar-refractivity contribution < 1.29 is 13.2 Å². The van der Waals surface area contributed by atoms with E-state index in [4.69, 9.17) is 0 Å². The van der Waals surface area contributed by atoms with Gasteiger partial charge in [-0.15, -0.1) is 0 Å². The van der Waals surface area contributed by atoms with Gasteiger partial charge in [0.2, 0.25) is 10.0 Å². The monoisotopic (exact) mass is 324 g/mol. The van der Waals surface area contributed by atoms with Gasteiger partial charge in [-0.05, 0) is 50.4 Å². The van der Waals surface area contributed by atoms with Crippen LogP contribution in [0, 0.1) is 12.8 Å². The molecule has 1 saturated carbocycles. The van der Waals surface area contributed by atoms with Gasteiger partial charge in [0, 0.05) is 11.6 Å². The van der Waals surface area contributed by atoms with Gasteiger partial charge >= 0.3 is 0 Å². The Kier molecular flexibility index (Phi) is 5.24. The molecule has 1 fully saturated rings. The van der Waals surface area contributed by atoms with Gasteiger partial charge in [-0.25, -0.2) is 13.1 Å². The first-order chi connectivity index (χ1) is 10.3. The minimum Gasteiger partial charge on any atom is -0.349 e. The second-order valence-electron chi connectivity index (χ2n) is 6.03. The predicted octanol–water partition coefficient (Wildman–Crippen LogP) is 2.21. The molecule has 1 aliphatic carbocycles. The van der Waals surface area contributed by atoms with Crippen LogP contribution in [0.15, 0.2) is 23.1 Å². The van der Waals surface area contributed by atoms with Gasteiger partial charge in [-0.3, -0.25) is 4.79 Å². The van der Waals surface area contributed by atoms with Crippen LogP contribution in [-0.2, 0) is 10.0 Å². The molecular formula is C16H24N2O3S. The lowest BCUT2D eigenvalue weighted by Gasteiger charge is -2.29. The van der Waals surface area contributed by atoms with E-state index in [1.807, 2.05) is 6.92 Å². The Balaban J connectivity index is 2.23. The molecule has 0 saturated heterocycles. The van der Waals surface area contributed by atoms with Crippen LogP contribution in [0.3, 0.4) is 0 Å². The molecule has 1 aromatic rings. The highest BCUT2D eigenvalue weighted by Gasteiger charge is 2.24. The predicted molar refractivity (Wildman–Crippen MR) is 86.3 cm³/mol. The minimum absolute atomic E-state index is 0.113. The quantitative estimate of drug-likeness (QED) is 0.891. The fourth-order valence-electron chi connectivity index (χ4n) is 2.91. The van der Waals surface area contributed by atoms with Crippen molar-refractivity contribution in [2.75, 3.05) is 7.05 Å². The summed E-state index contributed by atoms with van der Waals surface area (Å²) in [5, 5.41) is 3.07. The molecule has 2 unspecified atom stereocenters. The molecule has 0 heterocycles. The maximum Gasteiger partial charge on any atom is 0.251 e. The van der Waals surface area contributed by atoms with Crippen molar-refractivity contribution in [3.05, 3.63) is 29.3 Å². The van der Waals surface area contributed by atoms with E-state index in [1.165, 1.54) is 25.6 Å². The summed E-state index contributed by atoms with van der Waals surface area (Å²) in [6.07, 6.45) is 4.45. The number of hydrogen-bond donors (Lipinski definition) is 2. The summed E-state index contributed by atoms with van der Waals surface area (Å²) >= 11 is 0. The zero-order chi connectivity index (χ0) is 16.3. The third kappa shape index (κ3) is 3.67. The van der Waals surface area contributed by atoms with Gasteiger partial charge in [-0.1, -0.05) is 25.8 Å². The Morgan fingerprint density at radius 3 is 2.55 bits per heavy atom. The maximum atomic E-state index is 12.5. The van der Waals surface area contributed by atoms with E-state index in [-0.39, 0.29) is 16.8 Å². The third-order valence-electron chi connectivity index (χ3n) is 4.46. The molecule has 2 rings (SSSR count). The normalized spacial score (nSPS) is 22.3. The van der Waals surface area contributed by atoms with Crippen molar-refractivity contribution in [1.82, 2.24) is 10.0 Å². The van der Waals surface area contributed by atoms with E-state index in [0.717, 1.165) is 24.8 Å². The van der Waals surface area contributed by atoms with Crippen LogP contribution < -0.4 is 10.0 Å². The molecule has 0 radical (unpaired) electrons. The van der Waals surface area contributed by atoms with Gasteiger partial charge in [0.1, 0.15) is 0 Å². The lowest BCUT2D eigenvalue weighted by atomic mass is 9.86. The van der Waals surface area contributed by atoms with Crippen LogP contribution >= 0.6 is 0 Å². The lowest BCUT2D eigenvalue weighted by molar-refractivity contribution is 0.0909. The average molecular weight is 324 g/mol. The number of hydrogen-bond acceptors (Lipinski definition) is 3. The largest absolute Gasteiger partial charge is 0.349 e. The second kappa shape index (κ2) is 6.79. The fourth-order valence-corrected chi connectivity index (χ4v) is 3.66. The first-order valence-corrected chi connectivity index (χ1v) is 9.18. The zero-order valence-corrected chi connectivity index (χ0v) is 14.2. The molecule has 0 aromatic heterocycles. The summed E-state index contributed by atoms with van der Waals surface area (Å²) in [6, 6.07) is 4.81. The summed E-state index contributed by atoms with van der Waals surface area (Å²) in [5.74, 6) is 0.270. The van der Waals surface area contributed by atoms with Gasteiger partial charge in [0.15, 0.2) is 0 Å². The zero-order valence-electron chi connectivity index (χ0n) is 13.3. The number of aryl methyl sites for hydroxylation is 1. The average Bonchev–Trinajstić information content (AvgIpc) is 2.49. The minimum atomic E-state index is -3.54. The Morgan fingerprint density at radius 2 is 1.91 bits per heavy atom. The standard InChI is InChI=1S/C16H24N2O3S/c1-11-8-9-13(22(20,21)17-3)10-14(11)16(19)18-15-7-5-4-6-12(15)2/h8-10,12,15,17H,4-7H2,1-3H3,(H,18,19). The molecule has 1 amide bonds. The molecule has 0 spiro atoms. The first kappa shape index (κ1) is 17.0. The molecule has 6 heteroatoms. The number of amides is 1. The van der Waals surface area contributed by atoms with Crippen LogP contribution in [0.1, 0.15) is 48.5 Å². The molecule has 5 nitrogen and oxygen atoms in total. The Morgan fingerprint density at radius 1 is 1.23 bits per heavy atom.